The van der Waals surface area contributed by atoms with Gasteiger partial charge in [0.2, 0.25) is 10.0 Å². The Hall–Kier alpha value is -2.74. The molecule has 0 radical (unpaired) electrons. The number of amides is 1. The number of anilines is 1. The van der Waals surface area contributed by atoms with E-state index in [4.69, 9.17) is 9.47 Å². The summed E-state index contributed by atoms with van der Waals surface area (Å²) in [6.07, 6.45) is 1.10. The van der Waals surface area contributed by atoms with Crippen LogP contribution in [0.15, 0.2) is 42.5 Å². The minimum absolute atomic E-state index is 0.0825. The molecule has 7 nitrogen and oxygen atoms in total. The zero-order valence-corrected chi connectivity index (χ0v) is 16.0. The molecule has 0 atom stereocenters. The molecule has 0 aromatic heterocycles. The second-order valence-electron chi connectivity index (χ2n) is 5.56. The number of ether oxygens (including phenoxy) is 2. The third-order valence-corrected chi connectivity index (χ3v) is 4.94. The van der Waals surface area contributed by atoms with Crippen molar-refractivity contribution in [2.75, 3.05) is 31.8 Å². The summed E-state index contributed by atoms with van der Waals surface area (Å²) >= 11 is 0. The van der Waals surface area contributed by atoms with Gasteiger partial charge in [0.1, 0.15) is 0 Å². The Balaban J connectivity index is 2.67. The average Bonchev–Trinajstić information content (AvgIpc) is 2.64. The Kier molecular flexibility index (Phi) is 6.10. The fourth-order valence-electron chi connectivity index (χ4n) is 2.52. The number of benzene rings is 2. The molecule has 8 heteroatoms. The second kappa shape index (κ2) is 8.09. The van der Waals surface area contributed by atoms with E-state index in [0.29, 0.717) is 11.5 Å². The lowest BCUT2D eigenvalue weighted by molar-refractivity contribution is 0.0963. The zero-order valence-electron chi connectivity index (χ0n) is 15.1. The Bertz CT molecular complexity index is 882. The summed E-state index contributed by atoms with van der Waals surface area (Å²) in [7, 11) is 0.704. The molecule has 0 fully saturated rings. The predicted molar refractivity (Wildman–Crippen MR) is 100 cm³/mol. The summed E-state index contributed by atoms with van der Waals surface area (Å²) in [5.41, 5.74) is 1.18. The van der Waals surface area contributed by atoms with Crippen LogP contribution in [0.25, 0.3) is 0 Å². The molecule has 2 aromatic carbocycles. The number of hydrogen-bond donors (Lipinski definition) is 1. The van der Waals surface area contributed by atoms with E-state index in [1.165, 1.54) is 37.7 Å². The first kappa shape index (κ1) is 19.6. The van der Waals surface area contributed by atoms with Crippen molar-refractivity contribution in [2.24, 2.45) is 0 Å². The normalized spacial score (nSPS) is 10.9. The zero-order chi connectivity index (χ0) is 19.3. The molecule has 0 aliphatic heterocycles. The van der Waals surface area contributed by atoms with Crippen LogP contribution in [0.4, 0.5) is 5.69 Å². The molecule has 0 spiro atoms. The van der Waals surface area contributed by atoms with Crippen molar-refractivity contribution in [1.82, 2.24) is 5.32 Å². The van der Waals surface area contributed by atoms with Gasteiger partial charge in [0.25, 0.3) is 5.91 Å². The van der Waals surface area contributed by atoms with Gasteiger partial charge in [0.05, 0.1) is 38.3 Å². The van der Waals surface area contributed by atoms with Crippen LogP contribution in [-0.4, -0.2) is 41.8 Å². The van der Waals surface area contributed by atoms with Gasteiger partial charge in [-0.1, -0.05) is 30.3 Å². The van der Waals surface area contributed by atoms with Gasteiger partial charge in [-0.25, -0.2) is 8.42 Å². The molecule has 0 unspecified atom stereocenters. The Labute approximate surface area is 153 Å². The van der Waals surface area contributed by atoms with Gasteiger partial charge >= 0.3 is 0 Å². The standard InChI is InChI=1S/C18H22N2O5S/c1-19-18(21)14-10-16(24-2)17(25-3)11-15(14)20(26(4,22)23)12-13-8-6-5-7-9-13/h5-11H,12H2,1-4H3,(H,19,21). The predicted octanol–water partition coefficient (Wildman–Crippen LogP) is 2.03. The molecule has 2 aromatic rings. The largest absolute Gasteiger partial charge is 0.493 e. The highest BCUT2D eigenvalue weighted by molar-refractivity contribution is 7.92. The fraction of sp³-hybridized carbons (Fsp3) is 0.278. The fourth-order valence-corrected chi connectivity index (χ4v) is 3.41. The molecule has 140 valence electrons. The van der Waals surface area contributed by atoms with E-state index in [0.717, 1.165) is 11.8 Å². The van der Waals surface area contributed by atoms with Crippen LogP contribution in [-0.2, 0) is 16.6 Å². The van der Waals surface area contributed by atoms with Gasteiger partial charge in [0, 0.05) is 13.1 Å². The number of rotatable bonds is 7. The van der Waals surface area contributed by atoms with Crippen molar-refractivity contribution < 1.29 is 22.7 Å². The average molecular weight is 378 g/mol. The van der Waals surface area contributed by atoms with Crippen molar-refractivity contribution in [3.8, 4) is 11.5 Å². The van der Waals surface area contributed by atoms with Crippen LogP contribution in [0.3, 0.4) is 0 Å². The van der Waals surface area contributed by atoms with Crippen LogP contribution < -0.4 is 19.1 Å². The molecule has 0 bridgehead atoms. The maximum absolute atomic E-state index is 12.5. The smallest absolute Gasteiger partial charge is 0.253 e. The van der Waals surface area contributed by atoms with Gasteiger partial charge in [-0.3, -0.25) is 9.10 Å². The van der Waals surface area contributed by atoms with E-state index in [9.17, 15) is 13.2 Å². The third kappa shape index (κ3) is 4.26. The molecular weight excluding hydrogens is 356 g/mol. The number of nitrogens with one attached hydrogen (secondary N) is 1. The van der Waals surface area contributed by atoms with Crippen LogP contribution in [0, 0.1) is 0 Å². The van der Waals surface area contributed by atoms with Gasteiger partial charge in [-0.05, 0) is 11.6 Å². The Morgan fingerprint density at radius 1 is 1.08 bits per heavy atom. The van der Waals surface area contributed by atoms with E-state index in [-0.39, 0.29) is 17.8 Å². The summed E-state index contributed by atoms with van der Waals surface area (Å²) in [5, 5.41) is 2.52. The summed E-state index contributed by atoms with van der Waals surface area (Å²) in [6, 6.07) is 12.1. The highest BCUT2D eigenvalue weighted by Gasteiger charge is 2.26. The summed E-state index contributed by atoms with van der Waals surface area (Å²) in [5.74, 6) is 0.238. The van der Waals surface area contributed by atoms with E-state index in [1.807, 2.05) is 30.3 Å². The van der Waals surface area contributed by atoms with Gasteiger partial charge < -0.3 is 14.8 Å². The van der Waals surface area contributed by atoms with E-state index in [1.54, 1.807) is 0 Å². The Morgan fingerprint density at radius 3 is 2.15 bits per heavy atom. The molecule has 26 heavy (non-hydrogen) atoms. The molecule has 1 N–H and O–H groups in total. The number of methoxy groups -OCH3 is 2. The molecule has 0 saturated heterocycles. The number of sulfonamides is 1. The first-order valence-corrected chi connectivity index (χ1v) is 9.66. The first-order chi connectivity index (χ1) is 12.3. The highest BCUT2D eigenvalue weighted by Crippen LogP contribution is 2.36. The number of nitrogens with zero attached hydrogens (tertiary/aromatic N) is 1. The summed E-state index contributed by atoms with van der Waals surface area (Å²) < 4.78 is 36.6. The lowest BCUT2D eigenvalue weighted by atomic mass is 10.1. The lowest BCUT2D eigenvalue weighted by Crippen LogP contribution is -2.32. The molecule has 1 amide bonds. The lowest BCUT2D eigenvalue weighted by Gasteiger charge is -2.26. The number of carbonyl (C=O) groups excluding carboxylic acids is 1. The molecule has 0 heterocycles. The molecule has 0 aliphatic carbocycles. The number of carbonyl (C=O) groups is 1. The maximum Gasteiger partial charge on any atom is 0.253 e. The van der Waals surface area contributed by atoms with Crippen molar-refractivity contribution in [3.63, 3.8) is 0 Å². The first-order valence-electron chi connectivity index (χ1n) is 7.81. The van der Waals surface area contributed by atoms with Gasteiger partial charge in [0.15, 0.2) is 11.5 Å². The monoisotopic (exact) mass is 378 g/mol. The van der Waals surface area contributed by atoms with Crippen LogP contribution >= 0.6 is 0 Å². The molecule has 0 saturated carbocycles. The Morgan fingerprint density at radius 2 is 1.65 bits per heavy atom. The molecule has 0 aliphatic rings. The van der Waals surface area contributed by atoms with Crippen LogP contribution in [0.2, 0.25) is 0 Å². The van der Waals surface area contributed by atoms with Crippen molar-refractivity contribution in [1.29, 1.82) is 0 Å². The minimum atomic E-state index is -3.67. The van der Waals surface area contributed by atoms with Crippen molar-refractivity contribution in [3.05, 3.63) is 53.6 Å². The summed E-state index contributed by atoms with van der Waals surface area (Å²) in [6.45, 7) is 0.0825. The highest BCUT2D eigenvalue weighted by atomic mass is 32.2. The van der Waals surface area contributed by atoms with Crippen LogP contribution in [0.5, 0.6) is 11.5 Å². The minimum Gasteiger partial charge on any atom is -0.493 e. The number of hydrogen-bond acceptors (Lipinski definition) is 5. The van der Waals surface area contributed by atoms with Gasteiger partial charge in [-0.15, -0.1) is 0 Å². The van der Waals surface area contributed by atoms with E-state index in [2.05, 4.69) is 5.32 Å². The van der Waals surface area contributed by atoms with Crippen molar-refractivity contribution >= 4 is 21.6 Å². The molecular formula is C18H22N2O5S. The topological polar surface area (TPSA) is 84.9 Å². The SMILES string of the molecule is CNC(=O)c1cc(OC)c(OC)cc1N(Cc1ccccc1)S(C)(=O)=O. The van der Waals surface area contributed by atoms with Gasteiger partial charge in [-0.2, -0.15) is 0 Å². The summed E-state index contributed by atoms with van der Waals surface area (Å²) in [4.78, 5) is 12.4. The van der Waals surface area contributed by atoms with E-state index >= 15 is 0 Å². The molecule has 2 rings (SSSR count). The quantitative estimate of drug-likeness (QED) is 0.797. The van der Waals surface area contributed by atoms with Crippen molar-refractivity contribution in [2.45, 2.75) is 6.54 Å². The van der Waals surface area contributed by atoms with E-state index < -0.39 is 15.9 Å². The van der Waals surface area contributed by atoms with Crippen LogP contribution in [0.1, 0.15) is 15.9 Å². The third-order valence-electron chi connectivity index (χ3n) is 3.81. The maximum atomic E-state index is 12.5. The second-order valence-corrected chi connectivity index (χ2v) is 7.47.